The lowest BCUT2D eigenvalue weighted by molar-refractivity contribution is 0.482. The van der Waals surface area contributed by atoms with E-state index in [4.69, 9.17) is 10.00 Å². The van der Waals surface area contributed by atoms with E-state index in [1.807, 2.05) is 43.3 Å². The number of aryl methyl sites for hydroxylation is 1. The zero-order valence-corrected chi connectivity index (χ0v) is 14.7. The molecule has 0 N–H and O–H groups in total. The molecule has 0 radical (unpaired) electrons. The lowest BCUT2D eigenvalue weighted by atomic mass is 10.1. The van der Waals surface area contributed by atoms with Crippen molar-refractivity contribution in [3.8, 4) is 28.8 Å². The van der Waals surface area contributed by atoms with Crippen LogP contribution in [0.5, 0.6) is 11.5 Å². The summed E-state index contributed by atoms with van der Waals surface area (Å²) >= 11 is 1.76. The van der Waals surface area contributed by atoms with Crippen molar-refractivity contribution in [3.63, 3.8) is 0 Å². The Morgan fingerprint density at radius 3 is 2.50 bits per heavy atom. The Labute approximate surface area is 146 Å². The van der Waals surface area contributed by atoms with E-state index in [1.165, 1.54) is 4.88 Å². The molecule has 3 aromatic rings. The summed E-state index contributed by atoms with van der Waals surface area (Å²) in [6.45, 7) is 6.42. The molecule has 1 aromatic heterocycles. The van der Waals surface area contributed by atoms with Gasteiger partial charge in [0.05, 0.1) is 22.3 Å². The van der Waals surface area contributed by atoms with Crippen LogP contribution in [0.15, 0.2) is 48.5 Å². The van der Waals surface area contributed by atoms with Crippen molar-refractivity contribution in [2.24, 2.45) is 0 Å². The van der Waals surface area contributed by atoms with Crippen molar-refractivity contribution in [3.05, 3.63) is 64.0 Å². The predicted molar refractivity (Wildman–Crippen MR) is 97.6 cm³/mol. The van der Waals surface area contributed by atoms with Gasteiger partial charge in [-0.2, -0.15) is 5.26 Å². The number of aromatic nitrogens is 1. The Morgan fingerprint density at radius 2 is 1.83 bits per heavy atom. The molecule has 0 atom stereocenters. The first-order valence-corrected chi connectivity index (χ1v) is 8.64. The third kappa shape index (κ3) is 3.47. The summed E-state index contributed by atoms with van der Waals surface area (Å²) in [6, 6.07) is 17.2. The van der Waals surface area contributed by atoms with Crippen LogP contribution in [0, 0.1) is 18.3 Å². The van der Waals surface area contributed by atoms with Gasteiger partial charge in [0.1, 0.15) is 11.5 Å². The summed E-state index contributed by atoms with van der Waals surface area (Å²) in [4.78, 5) is 5.99. The van der Waals surface area contributed by atoms with Gasteiger partial charge in [0.25, 0.3) is 0 Å². The molecule has 4 heteroatoms. The van der Waals surface area contributed by atoms with Gasteiger partial charge >= 0.3 is 0 Å². The smallest absolute Gasteiger partial charge is 0.128 e. The first-order chi connectivity index (χ1) is 11.6. The van der Waals surface area contributed by atoms with Crippen LogP contribution >= 0.6 is 11.3 Å². The highest BCUT2D eigenvalue weighted by Crippen LogP contribution is 2.34. The van der Waals surface area contributed by atoms with Gasteiger partial charge in [0.15, 0.2) is 0 Å². The second-order valence-corrected chi connectivity index (χ2v) is 7.10. The minimum atomic E-state index is 0.454. The zero-order chi connectivity index (χ0) is 17.1. The molecular formula is C20H18N2OS. The van der Waals surface area contributed by atoms with Gasteiger partial charge in [0.2, 0.25) is 0 Å². The Balaban J connectivity index is 1.85. The SMILES string of the molecule is Cc1nc(-c2ccc(Oc3cccc(C#N)c3)cc2)c(C(C)C)s1. The number of rotatable bonds is 4. The van der Waals surface area contributed by atoms with Crippen LogP contribution in [-0.4, -0.2) is 4.98 Å². The number of hydrogen-bond acceptors (Lipinski definition) is 4. The summed E-state index contributed by atoms with van der Waals surface area (Å²) in [6.07, 6.45) is 0. The highest BCUT2D eigenvalue weighted by Gasteiger charge is 2.14. The Morgan fingerprint density at radius 1 is 1.08 bits per heavy atom. The third-order valence-electron chi connectivity index (χ3n) is 3.61. The maximum Gasteiger partial charge on any atom is 0.128 e. The molecular weight excluding hydrogens is 316 g/mol. The van der Waals surface area contributed by atoms with Crippen molar-refractivity contribution >= 4 is 11.3 Å². The van der Waals surface area contributed by atoms with E-state index in [-0.39, 0.29) is 0 Å². The molecule has 120 valence electrons. The maximum atomic E-state index is 8.95. The predicted octanol–water partition coefficient (Wildman–Crippen LogP) is 5.91. The fraction of sp³-hybridized carbons (Fsp3) is 0.200. The molecule has 24 heavy (non-hydrogen) atoms. The maximum absolute atomic E-state index is 8.95. The molecule has 0 saturated carbocycles. The monoisotopic (exact) mass is 334 g/mol. The van der Waals surface area contributed by atoms with Crippen molar-refractivity contribution in [2.45, 2.75) is 26.7 Å². The van der Waals surface area contributed by atoms with Crippen LogP contribution in [0.2, 0.25) is 0 Å². The molecule has 0 saturated heterocycles. The highest BCUT2D eigenvalue weighted by molar-refractivity contribution is 7.12. The molecule has 0 bridgehead atoms. The third-order valence-corrected chi connectivity index (χ3v) is 4.88. The Hall–Kier alpha value is -2.64. The van der Waals surface area contributed by atoms with Gasteiger partial charge in [-0.25, -0.2) is 4.98 Å². The zero-order valence-electron chi connectivity index (χ0n) is 13.9. The molecule has 0 spiro atoms. The van der Waals surface area contributed by atoms with Crippen LogP contribution < -0.4 is 4.74 Å². The van der Waals surface area contributed by atoms with Crippen molar-refractivity contribution < 1.29 is 4.74 Å². The number of nitrogens with zero attached hydrogens (tertiary/aromatic N) is 2. The van der Waals surface area contributed by atoms with E-state index in [2.05, 4.69) is 24.9 Å². The topological polar surface area (TPSA) is 45.9 Å². The van der Waals surface area contributed by atoms with Crippen LogP contribution in [0.3, 0.4) is 0 Å². The molecule has 2 aromatic carbocycles. The molecule has 0 aliphatic rings. The Bertz CT molecular complexity index is 889. The molecule has 0 amide bonds. The van der Waals surface area contributed by atoms with Gasteiger partial charge in [0, 0.05) is 10.4 Å². The van der Waals surface area contributed by atoms with Crippen LogP contribution in [0.1, 0.15) is 35.2 Å². The second kappa shape index (κ2) is 6.86. The van der Waals surface area contributed by atoms with Crippen molar-refractivity contribution in [2.75, 3.05) is 0 Å². The number of nitriles is 1. The van der Waals surface area contributed by atoms with Crippen molar-refractivity contribution in [1.29, 1.82) is 5.26 Å². The Kier molecular flexibility index (Phi) is 4.64. The van der Waals surface area contributed by atoms with E-state index in [0.29, 0.717) is 17.2 Å². The van der Waals surface area contributed by atoms with E-state index < -0.39 is 0 Å². The lowest BCUT2D eigenvalue weighted by Gasteiger charge is -2.08. The van der Waals surface area contributed by atoms with E-state index in [9.17, 15) is 0 Å². The van der Waals surface area contributed by atoms with Crippen molar-refractivity contribution in [1.82, 2.24) is 4.98 Å². The fourth-order valence-corrected chi connectivity index (χ4v) is 3.44. The molecule has 1 heterocycles. The van der Waals surface area contributed by atoms with Gasteiger partial charge in [-0.05, 0) is 55.3 Å². The van der Waals surface area contributed by atoms with Gasteiger partial charge in [-0.15, -0.1) is 11.3 Å². The quantitative estimate of drug-likeness (QED) is 0.596. The second-order valence-electron chi connectivity index (χ2n) is 5.87. The average molecular weight is 334 g/mol. The summed E-state index contributed by atoms with van der Waals surface area (Å²) in [5, 5.41) is 10.0. The minimum Gasteiger partial charge on any atom is -0.457 e. The van der Waals surface area contributed by atoms with E-state index >= 15 is 0 Å². The number of ether oxygens (including phenoxy) is 1. The highest BCUT2D eigenvalue weighted by atomic mass is 32.1. The van der Waals surface area contributed by atoms with Gasteiger partial charge in [-0.1, -0.05) is 19.9 Å². The largest absolute Gasteiger partial charge is 0.457 e. The molecule has 0 unspecified atom stereocenters. The molecule has 3 nitrogen and oxygen atoms in total. The number of benzene rings is 2. The number of hydrogen-bond donors (Lipinski definition) is 0. The molecule has 0 aliphatic heterocycles. The van der Waals surface area contributed by atoms with E-state index in [0.717, 1.165) is 22.0 Å². The summed E-state index contributed by atoms with van der Waals surface area (Å²) in [7, 11) is 0. The first-order valence-electron chi connectivity index (χ1n) is 7.82. The van der Waals surface area contributed by atoms with Crippen LogP contribution in [-0.2, 0) is 0 Å². The fourth-order valence-electron chi connectivity index (χ4n) is 2.49. The van der Waals surface area contributed by atoms with Crippen LogP contribution in [0.25, 0.3) is 11.3 Å². The lowest BCUT2D eigenvalue weighted by Crippen LogP contribution is -1.89. The summed E-state index contributed by atoms with van der Waals surface area (Å²) in [5.74, 6) is 1.86. The minimum absolute atomic E-state index is 0.454. The average Bonchev–Trinajstić information content (AvgIpc) is 2.98. The van der Waals surface area contributed by atoms with Crippen LogP contribution in [0.4, 0.5) is 0 Å². The number of thiazole rings is 1. The summed E-state index contributed by atoms with van der Waals surface area (Å²) < 4.78 is 5.83. The normalized spacial score (nSPS) is 10.6. The molecule has 0 aliphatic carbocycles. The molecule has 3 rings (SSSR count). The molecule has 0 fully saturated rings. The van der Waals surface area contributed by atoms with Gasteiger partial charge in [-0.3, -0.25) is 0 Å². The van der Waals surface area contributed by atoms with Gasteiger partial charge < -0.3 is 4.74 Å². The summed E-state index contributed by atoms with van der Waals surface area (Å²) in [5.41, 5.74) is 2.75. The standard InChI is InChI=1S/C20H18N2OS/c1-13(2)20-19(22-14(3)24-20)16-7-9-17(10-8-16)23-18-6-4-5-15(11-18)12-21/h4-11,13H,1-3H3. The first kappa shape index (κ1) is 16.2. The van der Waals surface area contributed by atoms with E-state index in [1.54, 1.807) is 23.5 Å².